The van der Waals surface area contributed by atoms with Crippen LogP contribution in [0.2, 0.25) is 0 Å². The average molecular weight is 779 g/mol. The SMILES string of the molecule is Nc1ccc(-c2ccc(N(c3ccc(-c4ccc(N)cc4)cc3)c3ccc(-c4ccc(N=P(c5ccccc5)(c5ccccc5)c5ccccc5)cc4)cc3)cc2)cc1. The van der Waals surface area contributed by atoms with Crippen molar-refractivity contribution in [3.63, 3.8) is 0 Å². The second-order valence-corrected chi connectivity index (χ2v) is 17.5. The second kappa shape index (κ2) is 16.6. The van der Waals surface area contributed by atoms with Crippen LogP contribution in [0.5, 0.6) is 0 Å². The first-order chi connectivity index (χ1) is 29.0. The number of nitrogen functional groups attached to an aromatic ring is 2. The lowest BCUT2D eigenvalue weighted by Gasteiger charge is -2.27. The van der Waals surface area contributed by atoms with Gasteiger partial charge in [0.1, 0.15) is 0 Å². The zero-order valence-electron chi connectivity index (χ0n) is 32.5. The van der Waals surface area contributed by atoms with Crippen LogP contribution in [-0.4, -0.2) is 0 Å². The summed E-state index contributed by atoms with van der Waals surface area (Å²) in [5.74, 6) is 0. The summed E-state index contributed by atoms with van der Waals surface area (Å²) in [4.78, 5) is 2.30. The molecule has 284 valence electrons. The molecular weight excluding hydrogens is 736 g/mol. The largest absolute Gasteiger partial charge is 0.399 e. The van der Waals surface area contributed by atoms with Gasteiger partial charge in [-0.25, -0.2) is 0 Å². The highest BCUT2D eigenvalue weighted by molar-refractivity contribution is 7.87. The lowest BCUT2D eigenvalue weighted by atomic mass is 10.0. The standard InChI is InChI=1S/C54H43N4P/c55-46-28-16-40(17-29-46)43-22-34-49(35-23-43)58(50-36-24-44(25-37-50)41-18-30-47(56)31-19-41)51-38-26-45(27-39-51)42-20-32-48(33-21-42)57-59(52-10-4-1-5-11-52,53-12-6-2-7-13-53)54-14-8-3-9-15-54/h1-39H,55-56H2. The molecule has 0 fully saturated rings. The Balaban J connectivity index is 1.06. The van der Waals surface area contributed by atoms with Crippen molar-refractivity contribution >= 4 is 57.1 Å². The van der Waals surface area contributed by atoms with Gasteiger partial charge < -0.3 is 16.4 Å². The Kier molecular flexibility index (Phi) is 10.5. The Hall–Kier alpha value is -7.39. The van der Waals surface area contributed by atoms with Crippen molar-refractivity contribution in [2.24, 2.45) is 4.74 Å². The van der Waals surface area contributed by atoms with E-state index >= 15 is 0 Å². The monoisotopic (exact) mass is 778 g/mol. The summed E-state index contributed by atoms with van der Waals surface area (Å²) in [6, 6.07) is 83.2. The molecule has 0 bridgehead atoms. The van der Waals surface area contributed by atoms with Gasteiger partial charge in [-0.2, -0.15) is 0 Å². The highest BCUT2D eigenvalue weighted by Gasteiger charge is 2.27. The predicted molar refractivity (Wildman–Crippen MR) is 253 cm³/mol. The van der Waals surface area contributed by atoms with E-state index in [1.165, 1.54) is 15.9 Å². The highest BCUT2D eigenvalue weighted by atomic mass is 31.2. The molecule has 0 saturated heterocycles. The first-order valence-corrected chi connectivity index (χ1v) is 21.5. The maximum atomic E-state index is 5.97. The van der Waals surface area contributed by atoms with Crippen molar-refractivity contribution in [2.75, 3.05) is 16.4 Å². The summed E-state index contributed by atoms with van der Waals surface area (Å²) in [7, 11) is -2.37. The number of anilines is 5. The topological polar surface area (TPSA) is 67.6 Å². The molecule has 0 spiro atoms. The Morgan fingerprint density at radius 1 is 0.288 bits per heavy atom. The molecular formula is C54H43N4P. The molecule has 0 heterocycles. The third-order valence-corrected chi connectivity index (χ3v) is 14.4. The lowest BCUT2D eigenvalue weighted by molar-refractivity contribution is 1.28. The van der Waals surface area contributed by atoms with Crippen LogP contribution < -0.4 is 32.3 Å². The number of benzene rings is 9. The van der Waals surface area contributed by atoms with Gasteiger partial charge >= 0.3 is 0 Å². The molecule has 4 nitrogen and oxygen atoms in total. The Bertz CT molecular complexity index is 2630. The summed E-state index contributed by atoms with van der Waals surface area (Å²) in [5, 5.41) is 3.67. The second-order valence-electron chi connectivity index (χ2n) is 14.5. The molecule has 9 aromatic rings. The average Bonchev–Trinajstić information content (AvgIpc) is 3.31. The minimum absolute atomic E-state index is 0.755. The van der Waals surface area contributed by atoms with Crippen molar-refractivity contribution in [1.82, 2.24) is 0 Å². The van der Waals surface area contributed by atoms with E-state index in [1.807, 2.05) is 24.3 Å². The van der Waals surface area contributed by atoms with E-state index in [9.17, 15) is 0 Å². The third-order valence-electron chi connectivity index (χ3n) is 10.7. The van der Waals surface area contributed by atoms with Crippen LogP contribution in [0, 0.1) is 0 Å². The maximum Gasteiger partial charge on any atom is 0.0625 e. The molecule has 9 aromatic carbocycles. The van der Waals surface area contributed by atoms with Crippen molar-refractivity contribution in [3.8, 4) is 33.4 Å². The highest BCUT2D eigenvalue weighted by Crippen LogP contribution is 2.49. The van der Waals surface area contributed by atoms with Crippen molar-refractivity contribution < 1.29 is 0 Å². The van der Waals surface area contributed by atoms with E-state index in [0.29, 0.717) is 0 Å². The van der Waals surface area contributed by atoms with Gasteiger partial charge in [0, 0.05) is 44.4 Å². The summed E-state index contributed by atoms with van der Waals surface area (Å²) in [6.45, 7) is 0. The number of nitrogens with two attached hydrogens (primary N) is 2. The van der Waals surface area contributed by atoms with E-state index < -0.39 is 7.05 Å². The summed E-state index contributed by atoms with van der Waals surface area (Å²) >= 11 is 0. The van der Waals surface area contributed by atoms with Crippen molar-refractivity contribution in [3.05, 3.63) is 237 Å². The molecule has 0 unspecified atom stereocenters. The van der Waals surface area contributed by atoms with Crippen LogP contribution >= 0.6 is 7.05 Å². The first-order valence-electron chi connectivity index (χ1n) is 19.8. The molecule has 4 N–H and O–H groups in total. The number of hydrogen-bond acceptors (Lipinski definition) is 4. The van der Waals surface area contributed by atoms with Crippen LogP contribution in [0.15, 0.2) is 241 Å². The van der Waals surface area contributed by atoms with Gasteiger partial charge in [0.25, 0.3) is 0 Å². The van der Waals surface area contributed by atoms with Crippen LogP contribution in [0.3, 0.4) is 0 Å². The molecule has 0 amide bonds. The van der Waals surface area contributed by atoms with Gasteiger partial charge in [0.05, 0.1) is 12.7 Å². The van der Waals surface area contributed by atoms with Gasteiger partial charge in [0.2, 0.25) is 0 Å². The van der Waals surface area contributed by atoms with Crippen LogP contribution in [0.4, 0.5) is 34.1 Å². The Morgan fingerprint density at radius 2 is 0.542 bits per heavy atom. The van der Waals surface area contributed by atoms with Gasteiger partial charge in [-0.05, 0) is 106 Å². The minimum Gasteiger partial charge on any atom is -0.399 e. The molecule has 0 aliphatic heterocycles. The van der Waals surface area contributed by atoms with Crippen LogP contribution in [-0.2, 0) is 0 Å². The summed E-state index contributed by atoms with van der Waals surface area (Å²) < 4.78 is 5.69. The number of rotatable bonds is 10. The number of hydrogen-bond donors (Lipinski definition) is 2. The summed E-state index contributed by atoms with van der Waals surface area (Å²) in [5.41, 5.74) is 24.4. The molecule has 0 saturated carbocycles. The molecule has 0 aliphatic rings. The maximum absolute atomic E-state index is 5.97. The Labute approximate surface area is 346 Å². The van der Waals surface area contributed by atoms with Crippen LogP contribution in [0.25, 0.3) is 33.4 Å². The first kappa shape index (κ1) is 37.2. The fourth-order valence-electron chi connectivity index (χ4n) is 7.65. The zero-order chi connectivity index (χ0) is 40.0. The van der Waals surface area contributed by atoms with E-state index in [0.717, 1.165) is 67.5 Å². The van der Waals surface area contributed by atoms with Gasteiger partial charge in [-0.3, -0.25) is 4.74 Å². The fraction of sp³-hybridized carbons (Fsp3) is 0. The quantitative estimate of drug-likeness (QED) is 0.107. The predicted octanol–water partition coefficient (Wildman–Crippen LogP) is 13.1. The van der Waals surface area contributed by atoms with Crippen molar-refractivity contribution in [1.29, 1.82) is 0 Å². The minimum atomic E-state index is -2.37. The summed E-state index contributed by atoms with van der Waals surface area (Å²) in [6.07, 6.45) is 0. The van der Waals surface area contributed by atoms with Crippen LogP contribution in [0.1, 0.15) is 0 Å². The Morgan fingerprint density at radius 3 is 0.831 bits per heavy atom. The fourth-order valence-corrected chi connectivity index (χ4v) is 11.2. The lowest BCUT2D eigenvalue weighted by Crippen LogP contribution is -2.25. The molecule has 0 radical (unpaired) electrons. The van der Waals surface area contributed by atoms with E-state index in [-0.39, 0.29) is 0 Å². The molecule has 0 aliphatic carbocycles. The molecule has 9 rings (SSSR count). The van der Waals surface area contributed by atoms with Gasteiger partial charge in [-0.1, -0.05) is 164 Å². The molecule has 5 heteroatoms. The normalized spacial score (nSPS) is 11.2. The third kappa shape index (κ3) is 7.83. The molecule has 59 heavy (non-hydrogen) atoms. The zero-order valence-corrected chi connectivity index (χ0v) is 33.4. The van der Waals surface area contributed by atoms with E-state index in [1.54, 1.807) is 0 Å². The van der Waals surface area contributed by atoms with E-state index in [4.69, 9.17) is 16.2 Å². The molecule has 0 aromatic heterocycles. The van der Waals surface area contributed by atoms with E-state index in [2.05, 4.69) is 217 Å². The van der Waals surface area contributed by atoms with Gasteiger partial charge in [0.15, 0.2) is 0 Å². The number of nitrogens with zero attached hydrogens (tertiary/aromatic N) is 2. The molecule has 0 atom stereocenters. The smallest absolute Gasteiger partial charge is 0.0625 e. The van der Waals surface area contributed by atoms with Crippen molar-refractivity contribution in [2.45, 2.75) is 0 Å². The van der Waals surface area contributed by atoms with Gasteiger partial charge in [-0.15, -0.1) is 0 Å².